The molecule has 0 rings (SSSR count). The molecule has 2 radical (unpaired) electrons. The molecule has 4 unspecified atom stereocenters. The maximum Gasteiger partial charge on any atom is 2.00 e. The maximum absolute atomic E-state index is 10.3. The van der Waals surface area contributed by atoms with Gasteiger partial charge in [-0.2, -0.15) is 0 Å². The predicted octanol–water partition coefficient (Wildman–Crippen LogP) is 3.81. The number of unbranched alkanes of at least 4 members (excludes halogenated alkanes) is 4. The van der Waals surface area contributed by atoms with Crippen LogP contribution in [0.5, 0.6) is 0 Å². The Morgan fingerprint density at radius 3 is 0.595 bits per heavy atom. The van der Waals surface area contributed by atoms with Gasteiger partial charge >= 0.3 is 39.0 Å². The smallest absolute Gasteiger partial charge is 0.550 e. The van der Waals surface area contributed by atoms with Crippen molar-refractivity contribution in [3.05, 3.63) is 0 Å². The van der Waals surface area contributed by atoms with Crippen molar-refractivity contribution >= 4 is 23.9 Å². The molecule has 0 fully saturated rings. The minimum atomic E-state index is -0.893. The van der Waals surface area contributed by atoms with Gasteiger partial charge in [-0.25, -0.2) is 0 Å². The minimum Gasteiger partial charge on any atom is -0.550 e. The Balaban J connectivity index is -0.000000101. The van der Waals surface area contributed by atoms with Gasteiger partial charge in [-0.05, 0) is 75.0 Å². The third-order valence-electron chi connectivity index (χ3n) is 6.93. The summed E-state index contributed by atoms with van der Waals surface area (Å²) in [4.78, 5) is 41.3. The largest absolute Gasteiger partial charge is 2.00 e. The summed E-state index contributed by atoms with van der Waals surface area (Å²) in [7, 11) is 0. The molecule has 10 heteroatoms. The van der Waals surface area contributed by atoms with E-state index in [4.69, 9.17) is 0 Å². The van der Waals surface area contributed by atoms with Crippen molar-refractivity contribution in [3.63, 3.8) is 0 Å². The van der Waals surface area contributed by atoms with E-state index in [1.807, 2.05) is 27.7 Å². The van der Waals surface area contributed by atoms with E-state index in [9.17, 15) is 39.6 Å². The molecule has 0 aliphatic rings. The zero-order valence-corrected chi connectivity index (χ0v) is 30.8. The van der Waals surface area contributed by atoms with Crippen LogP contribution >= 0.6 is 0 Å². The van der Waals surface area contributed by atoms with Crippen LogP contribution in [0.3, 0.4) is 0 Å². The Kier molecular flexibility index (Phi) is 51.3. The molecule has 8 nitrogen and oxygen atoms in total. The van der Waals surface area contributed by atoms with Crippen LogP contribution in [0.2, 0.25) is 0 Å². The Bertz CT molecular complexity index is 513. The molecule has 42 heavy (non-hydrogen) atoms. The number of carbonyl (C=O) groups excluding carboxylic acids is 4. The van der Waals surface area contributed by atoms with Crippen LogP contribution in [0.15, 0.2) is 0 Å². The van der Waals surface area contributed by atoms with Gasteiger partial charge in [0.05, 0.1) is 0 Å². The summed E-state index contributed by atoms with van der Waals surface area (Å²) >= 11 is 0. The van der Waals surface area contributed by atoms with Crippen LogP contribution in [-0.2, 0) is 58.1 Å². The van der Waals surface area contributed by atoms with Crippen molar-refractivity contribution in [1.82, 2.24) is 0 Å². The molecule has 0 aromatic rings. The fourth-order valence-corrected chi connectivity index (χ4v) is 3.76. The van der Waals surface area contributed by atoms with Crippen LogP contribution in [0.1, 0.15) is 158 Å². The van der Waals surface area contributed by atoms with Gasteiger partial charge in [0.25, 0.3) is 0 Å². The van der Waals surface area contributed by atoms with Crippen molar-refractivity contribution in [2.24, 2.45) is 23.7 Å². The Morgan fingerprint density at radius 1 is 0.381 bits per heavy atom. The van der Waals surface area contributed by atoms with E-state index < -0.39 is 23.9 Å². The summed E-state index contributed by atoms with van der Waals surface area (Å²) in [6.07, 6.45) is 14.1. The maximum atomic E-state index is 10.3. The summed E-state index contributed by atoms with van der Waals surface area (Å²) in [6.45, 7) is 15.8. The molecule has 0 amide bonds. The SMILES string of the molecule is CCCCC(CC)C(=O)[O-].CCCCC(CC)C(=O)[O-].CCCCC(CC)C(=O)[O-].CCCCC(CC)C(=O)[O-].[Rh+2].[Rh+2]. The van der Waals surface area contributed by atoms with Gasteiger partial charge in [-0.15, -0.1) is 0 Å². The van der Waals surface area contributed by atoms with Gasteiger partial charge in [0.1, 0.15) is 0 Å². The number of carboxylic acids is 4. The first-order valence-corrected chi connectivity index (χ1v) is 15.7. The van der Waals surface area contributed by atoms with Crippen LogP contribution in [-0.4, -0.2) is 23.9 Å². The Labute approximate surface area is 283 Å². The number of aliphatic carboxylic acids is 4. The van der Waals surface area contributed by atoms with Gasteiger partial charge in [0.15, 0.2) is 0 Å². The Hall–Kier alpha value is -0.873. The molecule has 0 aliphatic heterocycles. The fourth-order valence-electron chi connectivity index (χ4n) is 3.76. The van der Waals surface area contributed by atoms with Gasteiger partial charge in [0.2, 0.25) is 0 Å². The number of hydrogen-bond donors (Lipinski definition) is 0. The second kappa shape index (κ2) is 40.1. The number of carbonyl (C=O) groups is 4. The van der Waals surface area contributed by atoms with Crippen LogP contribution in [0.4, 0.5) is 0 Å². The standard InChI is InChI=1S/4C8H16O2.2Rh/c4*1-3-5-6-7(4-2)8(9)10;;/h4*7H,3-6H2,1-2H3,(H,9,10);;/q;;;;2*+2/p-4. The molecule has 0 N–H and O–H groups in total. The predicted molar refractivity (Wildman–Crippen MR) is 153 cm³/mol. The summed E-state index contributed by atoms with van der Waals surface area (Å²) < 4.78 is 0. The van der Waals surface area contributed by atoms with Gasteiger partial charge in [-0.3, -0.25) is 0 Å². The molecule has 254 valence electrons. The molecule has 4 atom stereocenters. The zero-order valence-electron chi connectivity index (χ0n) is 27.6. The third kappa shape index (κ3) is 37.2. The molecule has 0 saturated heterocycles. The third-order valence-corrected chi connectivity index (χ3v) is 6.93. The molecule has 0 heterocycles. The van der Waals surface area contributed by atoms with Crippen LogP contribution in [0.25, 0.3) is 0 Å². The van der Waals surface area contributed by atoms with Gasteiger partial charge < -0.3 is 39.6 Å². The van der Waals surface area contributed by atoms with Gasteiger partial charge in [0, 0.05) is 23.9 Å². The number of rotatable bonds is 20. The van der Waals surface area contributed by atoms with E-state index in [2.05, 4.69) is 27.7 Å². The molecular formula is C32H60O8Rh2. The van der Waals surface area contributed by atoms with Crippen molar-refractivity contribution < 1.29 is 78.6 Å². The first kappa shape index (κ1) is 53.7. The first-order valence-electron chi connectivity index (χ1n) is 15.7. The summed E-state index contributed by atoms with van der Waals surface area (Å²) in [5.41, 5.74) is 0. The van der Waals surface area contributed by atoms with Crippen molar-refractivity contribution in [1.29, 1.82) is 0 Å². The second-order valence-corrected chi connectivity index (χ2v) is 10.3. The Morgan fingerprint density at radius 2 is 0.524 bits per heavy atom. The average molecular weight is 779 g/mol. The molecule has 0 spiro atoms. The molecule has 0 aliphatic carbocycles. The van der Waals surface area contributed by atoms with E-state index in [1.54, 1.807) is 0 Å². The summed E-state index contributed by atoms with van der Waals surface area (Å²) in [5.74, 6) is -4.46. The van der Waals surface area contributed by atoms with Crippen molar-refractivity contribution in [2.45, 2.75) is 158 Å². The van der Waals surface area contributed by atoms with E-state index in [-0.39, 0.29) is 62.6 Å². The van der Waals surface area contributed by atoms with E-state index in [0.29, 0.717) is 25.7 Å². The average Bonchev–Trinajstić information content (AvgIpc) is 2.91. The topological polar surface area (TPSA) is 161 Å². The quantitative estimate of drug-likeness (QED) is 0.169. The van der Waals surface area contributed by atoms with Crippen molar-refractivity contribution in [3.8, 4) is 0 Å². The monoisotopic (exact) mass is 778 g/mol. The molecular weight excluding hydrogens is 718 g/mol. The summed E-state index contributed by atoms with van der Waals surface area (Å²) in [6, 6.07) is 0. The number of carboxylic acid groups (broad SMARTS) is 4. The molecule has 0 aromatic carbocycles. The minimum absolute atomic E-state index is 0. The van der Waals surface area contributed by atoms with Gasteiger partial charge in [-0.1, -0.05) is 107 Å². The normalized spacial score (nSPS) is 12.4. The van der Waals surface area contributed by atoms with Crippen LogP contribution < -0.4 is 20.4 Å². The van der Waals surface area contributed by atoms with E-state index in [1.165, 1.54) is 0 Å². The first-order chi connectivity index (χ1) is 18.9. The molecule has 0 saturated carbocycles. The fraction of sp³-hybridized carbons (Fsp3) is 0.875. The van der Waals surface area contributed by atoms with E-state index in [0.717, 1.165) is 77.0 Å². The molecule has 0 bridgehead atoms. The van der Waals surface area contributed by atoms with Crippen LogP contribution in [0, 0.1) is 23.7 Å². The zero-order chi connectivity index (χ0) is 31.9. The van der Waals surface area contributed by atoms with E-state index >= 15 is 0 Å². The molecule has 0 aromatic heterocycles. The second-order valence-electron chi connectivity index (χ2n) is 10.3. The summed E-state index contributed by atoms with van der Waals surface area (Å²) in [5, 5.41) is 41.3. The number of hydrogen-bond acceptors (Lipinski definition) is 8. The van der Waals surface area contributed by atoms with Crippen molar-refractivity contribution in [2.75, 3.05) is 0 Å².